The van der Waals surface area contributed by atoms with Gasteiger partial charge in [-0.15, -0.1) is 0 Å². The molecular weight excluding hydrogens is 405 g/mol. The molecule has 3 aromatic carbocycles. The van der Waals surface area contributed by atoms with Gasteiger partial charge in [0.05, 0.1) is 11.0 Å². The van der Waals surface area contributed by atoms with E-state index >= 15 is 0 Å². The van der Waals surface area contributed by atoms with Gasteiger partial charge in [-0.3, -0.25) is 4.79 Å². The molecule has 0 fully saturated rings. The Morgan fingerprint density at radius 1 is 0.897 bits per heavy atom. The molecule has 0 aliphatic heterocycles. The Kier molecular flexibility index (Phi) is 5.84. The minimum Gasteiger partial charge on any atom is -0.352 e. The zero-order valence-corrected chi connectivity index (χ0v) is 17.1. The van der Waals surface area contributed by atoms with Gasteiger partial charge in [-0.05, 0) is 54.1 Å². The average Bonchev–Trinajstić information content (AvgIpc) is 3.07. The third-order valence-electron chi connectivity index (χ3n) is 4.73. The van der Waals surface area contributed by atoms with Gasteiger partial charge >= 0.3 is 0 Å². The lowest BCUT2D eigenvalue weighted by molar-refractivity contribution is 0.0954. The lowest BCUT2D eigenvalue weighted by Crippen LogP contribution is -2.26. The van der Waals surface area contributed by atoms with E-state index < -0.39 is 0 Å². The summed E-state index contributed by atoms with van der Waals surface area (Å²) in [6.07, 6.45) is 0.627. The van der Waals surface area contributed by atoms with Crippen molar-refractivity contribution < 1.29 is 4.79 Å². The lowest BCUT2D eigenvalue weighted by atomic mass is 10.2. The summed E-state index contributed by atoms with van der Waals surface area (Å²) in [5.74, 6) is 0.805. The molecule has 29 heavy (non-hydrogen) atoms. The number of amides is 1. The fraction of sp³-hybridized carbons (Fsp3) is 0.130. The van der Waals surface area contributed by atoms with Crippen molar-refractivity contribution in [2.45, 2.75) is 13.0 Å². The minimum absolute atomic E-state index is 0.123. The Hall–Kier alpha value is -2.82. The van der Waals surface area contributed by atoms with Crippen LogP contribution in [0.1, 0.15) is 21.7 Å². The highest BCUT2D eigenvalue weighted by atomic mass is 35.5. The van der Waals surface area contributed by atoms with Gasteiger partial charge < -0.3 is 9.88 Å². The molecule has 4 aromatic rings. The summed E-state index contributed by atoms with van der Waals surface area (Å²) in [5, 5.41) is 4.28. The number of halogens is 2. The van der Waals surface area contributed by atoms with Crippen LogP contribution in [0.4, 0.5) is 0 Å². The summed E-state index contributed by atoms with van der Waals surface area (Å²) in [6, 6.07) is 22.7. The molecule has 4 rings (SSSR count). The van der Waals surface area contributed by atoms with Gasteiger partial charge in [0.15, 0.2) is 0 Å². The third-order valence-corrected chi connectivity index (χ3v) is 5.23. The molecule has 0 aliphatic rings. The topological polar surface area (TPSA) is 46.9 Å². The molecule has 1 N–H and O–H groups in total. The maximum atomic E-state index is 12.3. The molecule has 0 unspecified atom stereocenters. The Labute approximate surface area is 179 Å². The van der Waals surface area contributed by atoms with Crippen LogP contribution in [0.2, 0.25) is 10.0 Å². The molecular formula is C23H19Cl2N3O. The summed E-state index contributed by atoms with van der Waals surface area (Å²) < 4.78 is 2.19. The first-order valence-electron chi connectivity index (χ1n) is 9.32. The predicted molar refractivity (Wildman–Crippen MR) is 118 cm³/mol. The van der Waals surface area contributed by atoms with Gasteiger partial charge in [-0.2, -0.15) is 0 Å². The largest absolute Gasteiger partial charge is 0.352 e. The predicted octanol–water partition coefficient (Wildman–Crippen LogP) is 5.36. The first-order chi connectivity index (χ1) is 14.1. The number of hydrogen-bond donors (Lipinski definition) is 1. The van der Waals surface area contributed by atoms with Gasteiger partial charge in [0, 0.05) is 35.1 Å². The van der Waals surface area contributed by atoms with Crippen molar-refractivity contribution in [3.05, 3.63) is 99.8 Å². The standard InChI is InChI=1S/C23H19Cl2N3O/c24-18-9-5-16(6-10-18)15-28-21-4-2-1-3-20(21)27-22(28)13-14-26-23(29)17-7-11-19(25)12-8-17/h1-12H,13-15H2,(H,26,29). The highest BCUT2D eigenvalue weighted by Crippen LogP contribution is 2.19. The quantitative estimate of drug-likeness (QED) is 0.453. The number of aromatic nitrogens is 2. The number of nitrogens with one attached hydrogen (secondary N) is 1. The van der Waals surface area contributed by atoms with Gasteiger partial charge in [-0.1, -0.05) is 47.5 Å². The number of rotatable bonds is 6. The van der Waals surface area contributed by atoms with Gasteiger partial charge in [0.2, 0.25) is 0 Å². The number of nitrogens with zero attached hydrogens (tertiary/aromatic N) is 2. The Morgan fingerprint density at radius 3 is 2.28 bits per heavy atom. The molecule has 0 aliphatic carbocycles. The number of carbonyl (C=O) groups excluding carboxylic acids is 1. The van der Waals surface area contributed by atoms with E-state index in [0.29, 0.717) is 30.1 Å². The minimum atomic E-state index is -0.123. The molecule has 0 radical (unpaired) electrons. The van der Waals surface area contributed by atoms with Crippen LogP contribution in [0.25, 0.3) is 11.0 Å². The lowest BCUT2D eigenvalue weighted by Gasteiger charge is -2.10. The molecule has 1 heterocycles. The summed E-state index contributed by atoms with van der Waals surface area (Å²) in [6.45, 7) is 1.18. The molecule has 6 heteroatoms. The van der Waals surface area contributed by atoms with Crippen LogP contribution in [0.15, 0.2) is 72.8 Å². The van der Waals surface area contributed by atoms with Crippen molar-refractivity contribution >= 4 is 40.1 Å². The van der Waals surface area contributed by atoms with Crippen LogP contribution >= 0.6 is 23.2 Å². The SMILES string of the molecule is O=C(NCCc1nc2ccccc2n1Cc1ccc(Cl)cc1)c1ccc(Cl)cc1. The van der Waals surface area contributed by atoms with E-state index in [0.717, 1.165) is 27.4 Å². The van der Waals surface area contributed by atoms with Crippen LogP contribution in [0.5, 0.6) is 0 Å². The fourth-order valence-electron chi connectivity index (χ4n) is 3.26. The van der Waals surface area contributed by atoms with Crippen molar-refractivity contribution in [1.29, 1.82) is 0 Å². The van der Waals surface area contributed by atoms with Gasteiger partial charge in [0.1, 0.15) is 5.82 Å². The summed E-state index contributed by atoms with van der Waals surface area (Å²) in [4.78, 5) is 17.1. The van der Waals surface area contributed by atoms with Crippen LogP contribution in [0.3, 0.4) is 0 Å². The van der Waals surface area contributed by atoms with Crippen LogP contribution in [0, 0.1) is 0 Å². The smallest absolute Gasteiger partial charge is 0.251 e. The normalized spacial score (nSPS) is 11.0. The molecule has 0 saturated heterocycles. The first kappa shape index (κ1) is 19.5. The maximum absolute atomic E-state index is 12.3. The number of para-hydroxylation sites is 2. The Bertz CT molecular complexity index is 1140. The number of carbonyl (C=O) groups is 1. The number of imidazole rings is 1. The van der Waals surface area contributed by atoms with E-state index in [1.807, 2.05) is 42.5 Å². The fourth-order valence-corrected chi connectivity index (χ4v) is 3.51. The van der Waals surface area contributed by atoms with Crippen molar-refractivity contribution in [3.63, 3.8) is 0 Å². The van der Waals surface area contributed by atoms with Gasteiger partial charge in [-0.25, -0.2) is 4.98 Å². The highest BCUT2D eigenvalue weighted by Gasteiger charge is 2.12. The van der Waals surface area contributed by atoms with Crippen LogP contribution < -0.4 is 5.32 Å². The Balaban J connectivity index is 1.51. The van der Waals surface area contributed by atoms with E-state index in [9.17, 15) is 4.79 Å². The van der Waals surface area contributed by atoms with Crippen molar-refractivity contribution in [3.8, 4) is 0 Å². The van der Waals surface area contributed by atoms with Crippen LogP contribution in [-0.4, -0.2) is 22.0 Å². The molecule has 0 atom stereocenters. The van der Waals surface area contributed by atoms with E-state index in [2.05, 4.69) is 16.0 Å². The number of hydrogen-bond acceptors (Lipinski definition) is 2. The van der Waals surface area contributed by atoms with E-state index in [1.54, 1.807) is 24.3 Å². The van der Waals surface area contributed by atoms with E-state index in [-0.39, 0.29) is 5.91 Å². The maximum Gasteiger partial charge on any atom is 0.251 e. The zero-order valence-electron chi connectivity index (χ0n) is 15.6. The highest BCUT2D eigenvalue weighted by molar-refractivity contribution is 6.30. The third kappa shape index (κ3) is 4.61. The van der Waals surface area contributed by atoms with Crippen molar-refractivity contribution in [2.75, 3.05) is 6.54 Å². The van der Waals surface area contributed by atoms with Crippen molar-refractivity contribution in [2.24, 2.45) is 0 Å². The molecule has 0 saturated carbocycles. The van der Waals surface area contributed by atoms with Crippen LogP contribution in [-0.2, 0) is 13.0 Å². The van der Waals surface area contributed by atoms with Gasteiger partial charge in [0.25, 0.3) is 5.91 Å². The second kappa shape index (κ2) is 8.68. The molecule has 1 amide bonds. The van der Waals surface area contributed by atoms with E-state index in [4.69, 9.17) is 28.2 Å². The summed E-state index contributed by atoms with van der Waals surface area (Å²) >= 11 is 11.9. The Morgan fingerprint density at radius 2 is 1.55 bits per heavy atom. The second-order valence-corrected chi connectivity index (χ2v) is 7.62. The molecule has 1 aromatic heterocycles. The summed E-state index contributed by atoms with van der Waals surface area (Å²) in [5.41, 5.74) is 3.75. The average molecular weight is 424 g/mol. The zero-order chi connectivity index (χ0) is 20.2. The summed E-state index contributed by atoms with van der Waals surface area (Å²) in [7, 11) is 0. The number of fused-ring (bicyclic) bond motifs is 1. The first-order valence-corrected chi connectivity index (χ1v) is 10.1. The monoisotopic (exact) mass is 423 g/mol. The second-order valence-electron chi connectivity index (χ2n) is 6.74. The number of benzene rings is 3. The molecule has 4 nitrogen and oxygen atoms in total. The molecule has 146 valence electrons. The van der Waals surface area contributed by atoms with E-state index in [1.165, 1.54) is 0 Å². The van der Waals surface area contributed by atoms with Crippen molar-refractivity contribution in [1.82, 2.24) is 14.9 Å². The molecule has 0 bridgehead atoms. The molecule has 0 spiro atoms.